The average molecular weight is 220 g/mol. The Hall–Kier alpha value is -0.280. The molecule has 0 bridgehead atoms. The Balaban J connectivity index is 2.39. The van der Waals surface area contributed by atoms with E-state index in [1.807, 2.05) is 6.92 Å². The molecule has 0 heterocycles. The van der Waals surface area contributed by atoms with Gasteiger partial charge in [0, 0.05) is 13.2 Å². The lowest BCUT2D eigenvalue weighted by Gasteiger charge is -2.28. The van der Waals surface area contributed by atoms with Crippen LogP contribution in [0.4, 0.5) is 0 Å². The van der Waals surface area contributed by atoms with E-state index in [-0.39, 0.29) is 17.4 Å². The van der Waals surface area contributed by atoms with Crippen LogP contribution in [0.25, 0.3) is 0 Å². The van der Waals surface area contributed by atoms with Crippen LogP contribution < -0.4 is 5.32 Å². The maximum atomic E-state index is 11.0. The molecule has 3 nitrogen and oxygen atoms in total. The van der Waals surface area contributed by atoms with Gasteiger partial charge in [0.1, 0.15) is 5.88 Å². The van der Waals surface area contributed by atoms with Crippen molar-refractivity contribution >= 4 is 17.5 Å². The number of halogens is 1. The quantitative estimate of drug-likeness (QED) is 0.715. The molecular weight excluding hydrogens is 202 g/mol. The summed E-state index contributed by atoms with van der Waals surface area (Å²) in [5.74, 6) is -0.0833. The third-order valence-corrected chi connectivity index (χ3v) is 2.94. The lowest BCUT2D eigenvalue weighted by Crippen LogP contribution is -2.43. The van der Waals surface area contributed by atoms with Gasteiger partial charge in [-0.25, -0.2) is 0 Å². The highest BCUT2D eigenvalue weighted by Gasteiger charge is 2.34. The molecule has 1 aliphatic carbocycles. The van der Waals surface area contributed by atoms with Gasteiger partial charge in [-0.05, 0) is 19.8 Å². The maximum absolute atomic E-state index is 11.0. The Morgan fingerprint density at radius 2 is 2.14 bits per heavy atom. The molecule has 0 spiro atoms. The van der Waals surface area contributed by atoms with Crippen molar-refractivity contribution in [2.24, 2.45) is 0 Å². The highest BCUT2D eigenvalue weighted by Crippen LogP contribution is 2.32. The standard InChI is InChI=1S/C10H18ClNO2/c1-2-14-10(5-3-4-6-10)8-12-9(13)7-11/h2-8H2,1H3,(H,12,13). The monoisotopic (exact) mass is 219 g/mol. The molecule has 14 heavy (non-hydrogen) atoms. The van der Waals surface area contributed by atoms with Gasteiger partial charge in [-0.1, -0.05) is 12.8 Å². The van der Waals surface area contributed by atoms with Gasteiger partial charge in [0.05, 0.1) is 5.60 Å². The highest BCUT2D eigenvalue weighted by molar-refractivity contribution is 6.27. The number of ether oxygens (including phenoxy) is 1. The smallest absolute Gasteiger partial charge is 0.235 e. The highest BCUT2D eigenvalue weighted by atomic mass is 35.5. The summed E-state index contributed by atoms with van der Waals surface area (Å²) in [5, 5.41) is 2.80. The van der Waals surface area contributed by atoms with E-state index in [9.17, 15) is 4.79 Å². The summed E-state index contributed by atoms with van der Waals surface area (Å²) >= 11 is 5.41. The number of nitrogens with one attached hydrogen (secondary N) is 1. The van der Waals surface area contributed by atoms with Crippen LogP contribution in [-0.4, -0.2) is 30.5 Å². The van der Waals surface area contributed by atoms with E-state index >= 15 is 0 Å². The summed E-state index contributed by atoms with van der Waals surface area (Å²) in [6.07, 6.45) is 4.47. The topological polar surface area (TPSA) is 38.3 Å². The SMILES string of the molecule is CCOC1(CNC(=O)CCl)CCCC1. The third-order valence-electron chi connectivity index (χ3n) is 2.69. The van der Waals surface area contributed by atoms with Crippen molar-refractivity contribution < 1.29 is 9.53 Å². The summed E-state index contributed by atoms with van der Waals surface area (Å²) in [6, 6.07) is 0. The largest absolute Gasteiger partial charge is 0.373 e. The van der Waals surface area contributed by atoms with E-state index in [1.54, 1.807) is 0 Å². The summed E-state index contributed by atoms with van der Waals surface area (Å²) in [4.78, 5) is 11.0. The van der Waals surface area contributed by atoms with Gasteiger partial charge in [0.2, 0.25) is 5.91 Å². The van der Waals surface area contributed by atoms with Crippen molar-refractivity contribution in [3.63, 3.8) is 0 Å². The Morgan fingerprint density at radius 1 is 1.50 bits per heavy atom. The normalized spacial score (nSPS) is 19.6. The number of carbonyl (C=O) groups excluding carboxylic acids is 1. The first-order chi connectivity index (χ1) is 6.72. The van der Waals surface area contributed by atoms with Crippen LogP contribution in [0.2, 0.25) is 0 Å². The van der Waals surface area contributed by atoms with E-state index in [0.717, 1.165) is 12.8 Å². The number of rotatable bonds is 5. The predicted molar refractivity (Wildman–Crippen MR) is 56.6 cm³/mol. The van der Waals surface area contributed by atoms with E-state index in [1.165, 1.54) is 12.8 Å². The van der Waals surface area contributed by atoms with Crippen LogP contribution in [0.5, 0.6) is 0 Å². The van der Waals surface area contributed by atoms with Crippen LogP contribution in [0, 0.1) is 0 Å². The molecule has 4 heteroatoms. The van der Waals surface area contributed by atoms with E-state index in [0.29, 0.717) is 13.2 Å². The Kier molecular flexibility index (Phi) is 4.69. The molecule has 0 aliphatic heterocycles. The minimum atomic E-state index is -0.115. The first-order valence-electron chi connectivity index (χ1n) is 5.19. The van der Waals surface area contributed by atoms with Crippen molar-refractivity contribution in [1.29, 1.82) is 0 Å². The molecule has 0 aromatic carbocycles. The Morgan fingerprint density at radius 3 is 2.64 bits per heavy atom. The minimum Gasteiger partial charge on any atom is -0.373 e. The number of hydrogen-bond acceptors (Lipinski definition) is 2. The zero-order chi connectivity index (χ0) is 10.4. The zero-order valence-electron chi connectivity index (χ0n) is 8.64. The fraction of sp³-hybridized carbons (Fsp3) is 0.900. The second-order valence-corrected chi connectivity index (χ2v) is 4.00. The second kappa shape index (κ2) is 5.56. The molecule has 0 aromatic heterocycles. The van der Waals surface area contributed by atoms with Crippen LogP contribution in [0.3, 0.4) is 0 Å². The molecule has 1 saturated carbocycles. The number of hydrogen-bond donors (Lipinski definition) is 1. The zero-order valence-corrected chi connectivity index (χ0v) is 9.40. The maximum Gasteiger partial charge on any atom is 0.235 e. The van der Waals surface area contributed by atoms with Gasteiger partial charge in [-0.2, -0.15) is 0 Å². The average Bonchev–Trinajstić information content (AvgIpc) is 2.64. The molecule has 1 amide bonds. The molecule has 0 saturated heterocycles. The van der Waals surface area contributed by atoms with Crippen molar-refractivity contribution in [1.82, 2.24) is 5.32 Å². The summed E-state index contributed by atoms with van der Waals surface area (Å²) in [7, 11) is 0. The van der Waals surface area contributed by atoms with Gasteiger partial charge in [-0.3, -0.25) is 4.79 Å². The first kappa shape index (κ1) is 11.8. The van der Waals surface area contributed by atoms with Crippen LogP contribution >= 0.6 is 11.6 Å². The minimum absolute atomic E-state index is 0.0300. The molecule has 0 aromatic rings. The predicted octanol–water partition coefficient (Wildman–Crippen LogP) is 1.69. The van der Waals surface area contributed by atoms with Crippen molar-refractivity contribution in [3.05, 3.63) is 0 Å². The summed E-state index contributed by atoms with van der Waals surface area (Å²) < 4.78 is 5.73. The fourth-order valence-electron chi connectivity index (χ4n) is 2.00. The molecule has 1 N–H and O–H groups in total. The molecule has 1 rings (SSSR count). The van der Waals surface area contributed by atoms with E-state index in [4.69, 9.17) is 16.3 Å². The van der Waals surface area contributed by atoms with Crippen molar-refractivity contribution in [2.75, 3.05) is 19.0 Å². The molecule has 82 valence electrons. The summed E-state index contributed by atoms with van der Waals surface area (Å²) in [6.45, 7) is 3.30. The lowest BCUT2D eigenvalue weighted by molar-refractivity contribution is -0.120. The number of carbonyl (C=O) groups is 1. The molecule has 1 fully saturated rings. The van der Waals surface area contributed by atoms with Gasteiger partial charge < -0.3 is 10.1 Å². The number of amides is 1. The second-order valence-electron chi connectivity index (χ2n) is 3.73. The Labute approximate surface area is 90.1 Å². The summed E-state index contributed by atoms with van der Waals surface area (Å²) in [5.41, 5.74) is -0.115. The molecule has 0 unspecified atom stereocenters. The van der Waals surface area contributed by atoms with Gasteiger partial charge in [0.25, 0.3) is 0 Å². The van der Waals surface area contributed by atoms with Crippen LogP contribution in [0.1, 0.15) is 32.6 Å². The van der Waals surface area contributed by atoms with Crippen LogP contribution in [-0.2, 0) is 9.53 Å². The Bertz CT molecular complexity index is 191. The van der Waals surface area contributed by atoms with Crippen LogP contribution in [0.15, 0.2) is 0 Å². The van der Waals surface area contributed by atoms with Crippen molar-refractivity contribution in [2.45, 2.75) is 38.2 Å². The molecule has 1 aliphatic rings. The molecular formula is C10H18ClNO2. The van der Waals surface area contributed by atoms with Gasteiger partial charge in [-0.15, -0.1) is 11.6 Å². The van der Waals surface area contributed by atoms with Gasteiger partial charge >= 0.3 is 0 Å². The fourth-order valence-corrected chi connectivity index (χ4v) is 2.10. The number of alkyl halides is 1. The van der Waals surface area contributed by atoms with E-state index < -0.39 is 0 Å². The van der Waals surface area contributed by atoms with Gasteiger partial charge in [0.15, 0.2) is 0 Å². The third kappa shape index (κ3) is 3.14. The van der Waals surface area contributed by atoms with E-state index in [2.05, 4.69) is 5.32 Å². The molecule has 0 atom stereocenters. The molecule has 0 radical (unpaired) electrons. The van der Waals surface area contributed by atoms with Crippen molar-refractivity contribution in [3.8, 4) is 0 Å². The lowest BCUT2D eigenvalue weighted by atomic mass is 10.0. The first-order valence-corrected chi connectivity index (χ1v) is 5.72.